The quantitative estimate of drug-likeness (QED) is 0.805. The average molecular weight is 271 g/mol. The monoisotopic (exact) mass is 271 g/mol. The van der Waals surface area contributed by atoms with Crippen molar-refractivity contribution in [1.82, 2.24) is 9.88 Å². The van der Waals surface area contributed by atoms with Crippen LogP contribution in [0.2, 0.25) is 0 Å². The first-order valence-corrected chi connectivity index (χ1v) is 6.80. The molecular weight excluding hydrogens is 254 g/mol. The molecule has 3 rings (SSSR count). The predicted octanol–water partition coefficient (Wildman–Crippen LogP) is 2.77. The number of rotatable bonds is 3. The molecule has 2 heterocycles. The van der Waals surface area contributed by atoms with Gasteiger partial charge in [0.1, 0.15) is 5.69 Å². The highest BCUT2D eigenvalue weighted by Crippen LogP contribution is 2.31. The lowest BCUT2D eigenvalue weighted by Crippen LogP contribution is -2.35. The first-order chi connectivity index (χ1) is 9.79. The molecule has 1 aromatic heterocycles. The number of fused-ring (bicyclic) bond motifs is 1. The molecule has 0 spiro atoms. The van der Waals surface area contributed by atoms with Crippen molar-refractivity contribution >= 4 is 16.6 Å². The van der Waals surface area contributed by atoms with Crippen molar-refractivity contribution in [2.45, 2.75) is 13.5 Å². The lowest BCUT2D eigenvalue weighted by Gasteiger charge is -2.27. The van der Waals surface area contributed by atoms with Crippen LogP contribution in [0.25, 0.3) is 10.9 Å². The number of nitrogens with zero attached hydrogens (tertiary/aromatic N) is 3. The predicted molar refractivity (Wildman–Crippen MR) is 78.0 cm³/mol. The second-order valence-corrected chi connectivity index (χ2v) is 5.08. The summed E-state index contributed by atoms with van der Waals surface area (Å²) in [7, 11) is 0. The molecule has 0 saturated carbocycles. The van der Waals surface area contributed by atoms with Crippen LogP contribution in [0, 0.1) is 11.8 Å². The Morgan fingerprint density at radius 3 is 2.95 bits per heavy atom. The standard InChI is InChI=1S/C15H17N3O2/c1-11-9-12(10-18-5-7-20-8-6-18)13-3-2-4-16-15(13)14(11)17-19/h2-4,9H,5-8,10H2,1H3. The minimum Gasteiger partial charge on any atom is -0.379 e. The molecule has 0 radical (unpaired) electrons. The smallest absolute Gasteiger partial charge is 0.137 e. The Morgan fingerprint density at radius 1 is 1.40 bits per heavy atom. The van der Waals surface area contributed by atoms with Gasteiger partial charge in [-0.1, -0.05) is 12.1 Å². The van der Waals surface area contributed by atoms with Crippen LogP contribution in [0.15, 0.2) is 29.6 Å². The zero-order valence-corrected chi connectivity index (χ0v) is 11.5. The average Bonchev–Trinajstić information content (AvgIpc) is 2.49. The van der Waals surface area contributed by atoms with E-state index in [4.69, 9.17) is 4.74 Å². The van der Waals surface area contributed by atoms with E-state index in [1.165, 1.54) is 5.56 Å². The van der Waals surface area contributed by atoms with Crippen molar-refractivity contribution in [2.75, 3.05) is 26.3 Å². The van der Waals surface area contributed by atoms with Gasteiger partial charge in [-0.15, -0.1) is 4.91 Å². The largest absolute Gasteiger partial charge is 0.379 e. The molecule has 20 heavy (non-hydrogen) atoms. The van der Waals surface area contributed by atoms with Crippen molar-refractivity contribution in [2.24, 2.45) is 5.18 Å². The first-order valence-electron chi connectivity index (χ1n) is 6.80. The Labute approximate surface area is 117 Å². The Kier molecular flexibility index (Phi) is 3.71. The normalized spacial score (nSPS) is 16.4. The zero-order chi connectivity index (χ0) is 13.9. The molecule has 1 aliphatic heterocycles. The molecule has 1 aromatic carbocycles. The van der Waals surface area contributed by atoms with Gasteiger partial charge < -0.3 is 4.74 Å². The van der Waals surface area contributed by atoms with E-state index in [0.29, 0.717) is 11.2 Å². The van der Waals surface area contributed by atoms with Gasteiger partial charge in [0.05, 0.1) is 18.7 Å². The van der Waals surface area contributed by atoms with Crippen LogP contribution in [-0.4, -0.2) is 36.2 Å². The van der Waals surface area contributed by atoms with Gasteiger partial charge >= 0.3 is 0 Å². The highest BCUT2D eigenvalue weighted by molar-refractivity contribution is 5.92. The van der Waals surface area contributed by atoms with E-state index in [2.05, 4.69) is 21.1 Å². The number of nitroso groups, excluding NO2 is 1. The summed E-state index contributed by atoms with van der Waals surface area (Å²) in [5.41, 5.74) is 3.23. The Hall–Kier alpha value is -1.85. The van der Waals surface area contributed by atoms with Crippen LogP contribution >= 0.6 is 0 Å². The summed E-state index contributed by atoms with van der Waals surface area (Å²) < 4.78 is 5.37. The van der Waals surface area contributed by atoms with E-state index in [1.54, 1.807) is 6.20 Å². The molecule has 0 N–H and O–H groups in total. The second kappa shape index (κ2) is 5.64. The van der Waals surface area contributed by atoms with E-state index in [1.807, 2.05) is 19.1 Å². The summed E-state index contributed by atoms with van der Waals surface area (Å²) in [5.74, 6) is 0. The molecule has 0 unspecified atom stereocenters. The zero-order valence-electron chi connectivity index (χ0n) is 11.5. The third kappa shape index (κ3) is 2.42. The maximum absolute atomic E-state index is 11.0. The van der Waals surface area contributed by atoms with Gasteiger partial charge in [-0.2, -0.15) is 0 Å². The topological polar surface area (TPSA) is 54.8 Å². The molecule has 1 fully saturated rings. The SMILES string of the molecule is Cc1cc(CN2CCOCC2)c2cccnc2c1N=O. The summed E-state index contributed by atoms with van der Waals surface area (Å²) >= 11 is 0. The molecule has 1 saturated heterocycles. The lowest BCUT2D eigenvalue weighted by atomic mass is 10.0. The van der Waals surface area contributed by atoms with Crippen LogP contribution in [0.5, 0.6) is 0 Å². The third-order valence-corrected chi connectivity index (χ3v) is 3.73. The fourth-order valence-electron chi connectivity index (χ4n) is 2.69. The highest BCUT2D eigenvalue weighted by atomic mass is 16.5. The van der Waals surface area contributed by atoms with Crippen LogP contribution in [0.4, 0.5) is 5.69 Å². The third-order valence-electron chi connectivity index (χ3n) is 3.73. The fraction of sp³-hybridized carbons (Fsp3) is 0.400. The summed E-state index contributed by atoms with van der Waals surface area (Å²) in [6.07, 6.45) is 1.70. The molecule has 1 aliphatic rings. The minimum absolute atomic E-state index is 0.450. The van der Waals surface area contributed by atoms with Crippen molar-refractivity contribution < 1.29 is 4.74 Å². The summed E-state index contributed by atoms with van der Waals surface area (Å²) in [4.78, 5) is 17.7. The molecule has 2 aromatic rings. The van der Waals surface area contributed by atoms with Crippen LogP contribution in [0.3, 0.4) is 0 Å². The maximum Gasteiger partial charge on any atom is 0.137 e. The summed E-state index contributed by atoms with van der Waals surface area (Å²) in [5, 5.41) is 4.15. The van der Waals surface area contributed by atoms with Gasteiger partial charge in [-0.05, 0) is 29.3 Å². The first kappa shape index (κ1) is 13.1. The van der Waals surface area contributed by atoms with Crippen LogP contribution in [0.1, 0.15) is 11.1 Å². The van der Waals surface area contributed by atoms with Gasteiger partial charge in [0.15, 0.2) is 0 Å². The number of morpholine rings is 1. The fourth-order valence-corrected chi connectivity index (χ4v) is 2.69. The molecule has 5 heteroatoms. The molecule has 0 atom stereocenters. The van der Waals surface area contributed by atoms with E-state index in [0.717, 1.165) is 43.8 Å². The molecule has 0 bridgehead atoms. The molecule has 104 valence electrons. The number of aryl methyl sites for hydroxylation is 1. The number of hydrogen-bond acceptors (Lipinski definition) is 5. The van der Waals surface area contributed by atoms with Gasteiger partial charge in [0, 0.05) is 31.2 Å². The van der Waals surface area contributed by atoms with E-state index in [-0.39, 0.29) is 0 Å². The van der Waals surface area contributed by atoms with Crippen molar-refractivity contribution in [3.05, 3.63) is 40.4 Å². The minimum atomic E-state index is 0.450. The van der Waals surface area contributed by atoms with Gasteiger partial charge in [0.25, 0.3) is 0 Å². The molecular formula is C15H17N3O2. The molecule has 0 aliphatic carbocycles. The molecule has 5 nitrogen and oxygen atoms in total. The second-order valence-electron chi connectivity index (χ2n) is 5.08. The Morgan fingerprint density at radius 2 is 2.20 bits per heavy atom. The van der Waals surface area contributed by atoms with E-state index < -0.39 is 0 Å². The van der Waals surface area contributed by atoms with E-state index in [9.17, 15) is 4.91 Å². The highest BCUT2D eigenvalue weighted by Gasteiger charge is 2.15. The Balaban J connectivity index is 2.04. The van der Waals surface area contributed by atoms with Crippen molar-refractivity contribution in [3.8, 4) is 0 Å². The number of hydrogen-bond donors (Lipinski definition) is 0. The summed E-state index contributed by atoms with van der Waals surface area (Å²) in [6, 6.07) is 5.96. The number of ether oxygens (including phenoxy) is 1. The number of pyridine rings is 1. The maximum atomic E-state index is 11.0. The molecule has 0 amide bonds. The summed E-state index contributed by atoms with van der Waals surface area (Å²) in [6.45, 7) is 6.20. The van der Waals surface area contributed by atoms with Crippen molar-refractivity contribution in [1.29, 1.82) is 0 Å². The van der Waals surface area contributed by atoms with Crippen LogP contribution < -0.4 is 0 Å². The van der Waals surface area contributed by atoms with Crippen LogP contribution in [-0.2, 0) is 11.3 Å². The lowest BCUT2D eigenvalue weighted by molar-refractivity contribution is 0.0343. The van der Waals surface area contributed by atoms with Gasteiger partial charge in [0.2, 0.25) is 0 Å². The van der Waals surface area contributed by atoms with Gasteiger partial charge in [-0.25, -0.2) is 0 Å². The van der Waals surface area contributed by atoms with Crippen molar-refractivity contribution in [3.63, 3.8) is 0 Å². The number of benzene rings is 1. The van der Waals surface area contributed by atoms with Gasteiger partial charge in [-0.3, -0.25) is 9.88 Å². The van der Waals surface area contributed by atoms with E-state index >= 15 is 0 Å². The number of aromatic nitrogens is 1. The Bertz CT molecular complexity index is 636.